The summed E-state index contributed by atoms with van der Waals surface area (Å²) in [4.78, 5) is 12.6. The van der Waals surface area contributed by atoms with Crippen molar-refractivity contribution >= 4 is 17.7 Å². The normalized spacial score (nSPS) is 20.3. The van der Waals surface area contributed by atoms with Gasteiger partial charge in [0.2, 0.25) is 0 Å². The Bertz CT molecular complexity index is 1430. The third-order valence-corrected chi connectivity index (χ3v) is 8.66. The number of aliphatic hydroxyl groups is 2. The third-order valence-electron chi connectivity index (χ3n) is 7.63. The zero-order chi connectivity index (χ0) is 29.3. The molecule has 1 heterocycles. The van der Waals surface area contributed by atoms with Gasteiger partial charge in [0.05, 0.1) is 25.4 Å². The van der Waals surface area contributed by atoms with Crippen molar-refractivity contribution in [1.29, 1.82) is 0 Å². The maximum Gasteiger partial charge on any atom is 0.251 e. The number of carbonyl (C=O) groups excluding carboxylic acids is 1. The molecule has 0 spiro atoms. The summed E-state index contributed by atoms with van der Waals surface area (Å²) in [7, 11) is 0. The van der Waals surface area contributed by atoms with Gasteiger partial charge in [-0.15, -0.1) is 0 Å². The SMILES string of the molecule is C[C@@H]1[C@H](CSCCO)O[C@H](c2ccc(-c3ccccc3CNC(=O)c3ccccc3)cc2)O[C@@H]1c1ccc(CO)cc1. The second-order valence-corrected chi connectivity index (χ2v) is 11.6. The number of amides is 1. The number of thioether (sulfide) groups is 1. The molecule has 1 saturated heterocycles. The highest BCUT2D eigenvalue weighted by Gasteiger charge is 2.38. The van der Waals surface area contributed by atoms with Crippen molar-refractivity contribution in [1.82, 2.24) is 5.32 Å². The molecular weight excluding hydrogens is 546 g/mol. The molecule has 1 fully saturated rings. The van der Waals surface area contributed by atoms with Crippen LogP contribution in [0.4, 0.5) is 0 Å². The van der Waals surface area contributed by atoms with Crippen LogP contribution in [0.3, 0.4) is 0 Å². The lowest BCUT2D eigenvalue weighted by Crippen LogP contribution is -2.38. The monoisotopic (exact) mass is 583 g/mol. The van der Waals surface area contributed by atoms with Crippen molar-refractivity contribution in [2.45, 2.75) is 38.6 Å². The van der Waals surface area contributed by atoms with Gasteiger partial charge in [-0.05, 0) is 39.9 Å². The summed E-state index contributed by atoms with van der Waals surface area (Å²) in [6, 6.07) is 33.4. The van der Waals surface area contributed by atoms with Crippen LogP contribution in [0, 0.1) is 5.92 Å². The Morgan fingerprint density at radius 3 is 2.24 bits per heavy atom. The predicted octanol–water partition coefficient (Wildman–Crippen LogP) is 6.29. The van der Waals surface area contributed by atoms with Crippen molar-refractivity contribution in [3.63, 3.8) is 0 Å². The van der Waals surface area contributed by atoms with E-state index in [4.69, 9.17) is 9.47 Å². The van der Waals surface area contributed by atoms with E-state index in [9.17, 15) is 15.0 Å². The largest absolute Gasteiger partial charge is 0.396 e. The zero-order valence-electron chi connectivity index (χ0n) is 23.7. The molecule has 0 unspecified atom stereocenters. The van der Waals surface area contributed by atoms with E-state index in [1.54, 1.807) is 23.9 Å². The van der Waals surface area contributed by atoms with Gasteiger partial charge < -0.3 is 25.0 Å². The molecule has 4 aromatic carbocycles. The first-order chi connectivity index (χ1) is 20.6. The number of hydrogen-bond donors (Lipinski definition) is 3. The maximum atomic E-state index is 12.6. The van der Waals surface area contributed by atoms with Crippen molar-refractivity contribution in [2.24, 2.45) is 5.92 Å². The van der Waals surface area contributed by atoms with Crippen LogP contribution < -0.4 is 5.32 Å². The highest BCUT2D eigenvalue weighted by atomic mass is 32.2. The summed E-state index contributed by atoms with van der Waals surface area (Å²) < 4.78 is 13.1. The predicted molar refractivity (Wildman–Crippen MR) is 167 cm³/mol. The highest BCUT2D eigenvalue weighted by Crippen LogP contribution is 2.42. The summed E-state index contributed by atoms with van der Waals surface area (Å²) in [6.07, 6.45) is -0.779. The Kier molecular flexibility index (Phi) is 10.5. The standard InChI is InChI=1S/C35H37NO5S/c1-24-32(23-42-20-19-37)40-35(41-33(24)27-13-11-25(22-38)12-14-27)29-17-15-26(16-18-29)31-10-6-5-9-30(31)21-36-34(39)28-7-3-2-4-8-28/h2-18,24,32-33,35,37-38H,19-23H2,1H3,(H,36,39)/t24-,32+,33+,35+/m1/s1. The molecule has 4 atom stereocenters. The first-order valence-electron chi connectivity index (χ1n) is 14.3. The molecule has 0 radical (unpaired) electrons. The molecule has 218 valence electrons. The van der Waals surface area contributed by atoms with Gasteiger partial charge >= 0.3 is 0 Å². The van der Waals surface area contributed by atoms with E-state index in [1.165, 1.54) is 0 Å². The minimum atomic E-state index is -0.544. The summed E-state index contributed by atoms with van der Waals surface area (Å²) in [5.74, 6) is 1.42. The summed E-state index contributed by atoms with van der Waals surface area (Å²) in [5.41, 5.74) is 6.59. The molecule has 0 aromatic heterocycles. The quantitative estimate of drug-likeness (QED) is 0.180. The van der Waals surface area contributed by atoms with Crippen LogP contribution in [0.5, 0.6) is 0 Å². The molecule has 4 aromatic rings. The van der Waals surface area contributed by atoms with Crippen molar-refractivity contribution in [2.75, 3.05) is 18.1 Å². The molecule has 0 saturated carbocycles. The third kappa shape index (κ3) is 7.30. The van der Waals surface area contributed by atoms with E-state index < -0.39 is 6.29 Å². The Labute approximate surface area is 251 Å². The molecule has 1 aliphatic heterocycles. The maximum absolute atomic E-state index is 12.6. The number of carbonyl (C=O) groups is 1. The van der Waals surface area contributed by atoms with Crippen LogP contribution in [0.25, 0.3) is 11.1 Å². The molecule has 1 amide bonds. The molecule has 1 aliphatic rings. The summed E-state index contributed by atoms with van der Waals surface area (Å²) in [6.45, 7) is 2.70. The van der Waals surface area contributed by atoms with Crippen LogP contribution in [0.1, 0.15) is 51.9 Å². The average Bonchev–Trinajstić information content (AvgIpc) is 3.05. The van der Waals surface area contributed by atoms with E-state index in [2.05, 4.69) is 30.4 Å². The van der Waals surface area contributed by atoms with E-state index >= 15 is 0 Å². The van der Waals surface area contributed by atoms with E-state index in [0.29, 0.717) is 17.9 Å². The van der Waals surface area contributed by atoms with Gasteiger partial charge in [0.25, 0.3) is 5.91 Å². The van der Waals surface area contributed by atoms with Crippen molar-refractivity contribution < 1.29 is 24.5 Å². The fourth-order valence-corrected chi connectivity index (χ4v) is 6.13. The van der Waals surface area contributed by atoms with Gasteiger partial charge in [0.15, 0.2) is 6.29 Å². The minimum absolute atomic E-state index is 0.00237. The van der Waals surface area contributed by atoms with Gasteiger partial charge in [0, 0.05) is 35.1 Å². The molecular formula is C35H37NO5S. The van der Waals surface area contributed by atoms with Crippen LogP contribution in [0.15, 0.2) is 103 Å². The molecule has 5 rings (SSSR count). The lowest BCUT2D eigenvalue weighted by molar-refractivity contribution is -0.268. The second kappa shape index (κ2) is 14.6. The van der Waals surface area contributed by atoms with Crippen LogP contribution >= 0.6 is 11.8 Å². The fourth-order valence-electron chi connectivity index (χ4n) is 5.22. The lowest BCUT2D eigenvalue weighted by Gasteiger charge is -2.41. The number of benzene rings is 4. The Morgan fingerprint density at radius 1 is 0.833 bits per heavy atom. The van der Waals surface area contributed by atoms with E-state index in [0.717, 1.165) is 39.1 Å². The minimum Gasteiger partial charge on any atom is -0.396 e. The number of rotatable bonds is 11. The number of aliphatic hydroxyl groups excluding tert-OH is 2. The molecule has 3 N–H and O–H groups in total. The van der Waals surface area contributed by atoms with Gasteiger partial charge in [-0.25, -0.2) is 0 Å². The smallest absolute Gasteiger partial charge is 0.251 e. The average molecular weight is 584 g/mol. The van der Waals surface area contributed by atoms with Crippen LogP contribution in [-0.2, 0) is 22.6 Å². The van der Waals surface area contributed by atoms with Crippen molar-refractivity contribution in [3.05, 3.63) is 131 Å². The summed E-state index contributed by atoms with van der Waals surface area (Å²) in [5, 5.41) is 21.8. The fraction of sp³-hybridized carbons (Fsp3) is 0.286. The molecule has 0 aliphatic carbocycles. The first kappa shape index (κ1) is 30.0. The van der Waals surface area contributed by atoms with E-state index in [-0.39, 0.29) is 37.2 Å². The van der Waals surface area contributed by atoms with Gasteiger partial charge in [-0.1, -0.05) is 97.9 Å². The van der Waals surface area contributed by atoms with Gasteiger partial charge in [-0.2, -0.15) is 11.8 Å². The number of nitrogens with one attached hydrogen (secondary N) is 1. The topological polar surface area (TPSA) is 88.0 Å². The Morgan fingerprint density at radius 2 is 1.52 bits per heavy atom. The Hall–Kier alpha value is -3.46. The van der Waals surface area contributed by atoms with Gasteiger partial charge in [0.1, 0.15) is 0 Å². The molecule has 0 bridgehead atoms. The number of ether oxygens (including phenoxy) is 2. The second-order valence-electron chi connectivity index (χ2n) is 10.4. The highest BCUT2D eigenvalue weighted by molar-refractivity contribution is 7.99. The van der Waals surface area contributed by atoms with E-state index in [1.807, 2.05) is 72.8 Å². The zero-order valence-corrected chi connectivity index (χ0v) is 24.5. The van der Waals surface area contributed by atoms with Crippen LogP contribution in [0.2, 0.25) is 0 Å². The van der Waals surface area contributed by atoms with Gasteiger partial charge in [-0.3, -0.25) is 4.79 Å². The summed E-state index contributed by atoms with van der Waals surface area (Å²) >= 11 is 1.68. The Balaban J connectivity index is 1.33. The molecule has 42 heavy (non-hydrogen) atoms. The lowest BCUT2D eigenvalue weighted by atomic mass is 9.91. The molecule has 6 nitrogen and oxygen atoms in total. The molecule has 7 heteroatoms. The van der Waals surface area contributed by atoms with Crippen LogP contribution in [-0.4, -0.2) is 40.3 Å². The number of hydrogen-bond acceptors (Lipinski definition) is 6. The van der Waals surface area contributed by atoms with Crippen molar-refractivity contribution in [3.8, 4) is 11.1 Å². The first-order valence-corrected chi connectivity index (χ1v) is 15.4.